The van der Waals surface area contributed by atoms with Crippen LogP contribution in [0.5, 0.6) is 0 Å². The van der Waals surface area contributed by atoms with E-state index >= 15 is 0 Å². The van der Waals surface area contributed by atoms with Crippen molar-refractivity contribution in [1.82, 2.24) is 34.1 Å². The SMILES string of the molecule is CCn1c(CSc2nnnn2CC2CCCO2)nc2cc(S(=O)(=O)N3CCCCC3)ccc21. The van der Waals surface area contributed by atoms with Crippen LogP contribution in [0.25, 0.3) is 11.0 Å². The number of tetrazole rings is 1. The number of piperidine rings is 1. The Balaban J connectivity index is 1.36. The lowest BCUT2D eigenvalue weighted by atomic mass is 10.2. The summed E-state index contributed by atoms with van der Waals surface area (Å²) in [5, 5.41) is 12.8. The minimum Gasteiger partial charge on any atom is -0.376 e. The van der Waals surface area contributed by atoms with Crippen LogP contribution in [-0.2, 0) is 33.6 Å². The first-order chi connectivity index (χ1) is 16.1. The molecule has 1 unspecified atom stereocenters. The summed E-state index contributed by atoms with van der Waals surface area (Å²) in [5.74, 6) is 1.46. The van der Waals surface area contributed by atoms with Crippen LogP contribution >= 0.6 is 11.8 Å². The summed E-state index contributed by atoms with van der Waals surface area (Å²) in [6.45, 7) is 5.43. The number of aromatic nitrogens is 6. The molecule has 4 heterocycles. The van der Waals surface area contributed by atoms with Gasteiger partial charge >= 0.3 is 0 Å². The third-order valence-corrected chi connectivity index (χ3v) is 9.15. The molecule has 3 aromatic rings. The van der Waals surface area contributed by atoms with Gasteiger partial charge in [-0.05, 0) is 61.2 Å². The summed E-state index contributed by atoms with van der Waals surface area (Å²) in [6.07, 6.45) is 5.18. The number of benzene rings is 1. The number of nitrogens with zero attached hydrogens (tertiary/aromatic N) is 7. The smallest absolute Gasteiger partial charge is 0.243 e. The first kappa shape index (κ1) is 22.8. The first-order valence-corrected chi connectivity index (χ1v) is 14.0. The summed E-state index contributed by atoms with van der Waals surface area (Å²) in [7, 11) is -3.49. The van der Waals surface area contributed by atoms with E-state index in [9.17, 15) is 8.42 Å². The predicted octanol–water partition coefficient (Wildman–Crippen LogP) is 2.69. The second kappa shape index (κ2) is 9.69. The molecule has 2 aliphatic rings. The average Bonchev–Trinajstić information content (AvgIpc) is 3.58. The van der Waals surface area contributed by atoms with Crippen LogP contribution < -0.4 is 0 Å². The molecule has 2 aromatic heterocycles. The molecule has 1 atom stereocenters. The second-order valence-corrected chi connectivity index (χ2v) is 11.3. The minimum absolute atomic E-state index is 0.161. The van der Waals surface area contributed by atoms with E-state index in [1.165, 1.54) is 11.8 Å². The van der Waals surface area contributed by atoms with Crippen molar-refractivity contribution in [3.8, 4) is 0 Å². The highest BCUT2D eigenvalue weighted by atomic mass is 32.2. The van der Waals surface area contributed by atoms with Gasteiger partial charge in [0, 0.05) is 26.2 Å². The lowest BCUT2D eigenvalue weighted by Crippen LogP contribution is -2.35. The molecule has 2 saturated heterocycles. The van der Waals surface area contributed by atoms with Crippen molar-refractivity contribution in [1.29, 1.82) is 0 Å². The fourth-order valence-electron chi connectivity index (χ4n) is 4.56. The van der Waals surface area contributed by atoms with Gasteiger partial charge in [0.25, 0.3) is 0 Å². The molecule has 0 spiro atoms. The van der Waals surface area contributed by atoms with Crippen LogP contribution in [0.2, 0.25) is 0 Å². The number of hydrogen-bond acceptors (Lipinski definition) is 8. The van der Waals surface area contributed by atoms with E-state index in [1.807, 2.05) is 6.07 Å². The highest BCUT2D eigenvalue weighted by Crippen LogP contribution is 2.28. The van der Waals surface area contributed by atoms with Gasteiger partial charge < -0.3 is 9.30 Å². The molecule has 5 rings (SSSR count). The molecule has 178 valence electrons. The average molecular weight is 492 g/mol. The van der Waals surface area contributed by atoms with Crippen molar-refractivity contribution in [2.24, 2.45) is 0 Å². The van der Waals surface area contributed by atoms with Gasteiger partial charge in [0.2, 0.25) is 15.2 Å². The molecular weight excluding hydrogens is 462 g/mol. The maximum absolute atomic E-state index is 13.1. The van der Waals surface area contributed by atoms with Crippen LogP contribution in [0.4, 0.5) is 0 Å². The quantitative estimate of drug-likeness (QED) is 0.443. The van der Waals surface area contributed by atoms with Gasteiger partial charge in [0.1, 0.15) is 5.82 Å². The largest absolute Gasteiger partial charge is 0.376 e. The third-order valence-electron chi connectivity index (χ3n) is 6.30. The number of fused-ring (bicyclic) bond motifs is 1. The molecule has 0 bridgehead atoms. The molecule has 33 heavy (non-hydrogen) atoms. The molecular formula is C21H29N7O3S2. The molecule has 10 nitrogen and oxygen atoms in total. The number of sulfonamides is 1. The maximum atomic E-state index is 13.1. The molecule has 0 amide bonds. The number of ether oxygens (including phenoxy) is 1. The van der Waals surface area contributed by atoms with Crippen molar-refractivity contribution < 1.29 is 13.2 Å². The van der Waals surface area contributed by atoms with E-state index in [-0.39, 0.29) is 6.10 Å². The van der Waals surface area contributed by atoms with Crippen molar-refractivity contribution in [2.45, 2.75) is 74.0 Å². The van der Waals surface area contributed by atoms with E-state index in [4.69, 9.17) is 9.72 Å². The van der Waals surface area contributed by atoms with Gasteiger partial charge in [-0.1, -0.05) is 18.2 Å². The molecule has 2 aliphatic heterocycles. The Morgan fingerprint density at radius 2 is 2.03 bits per heavy atom. The fourth-order valence-corrected chi connectivity index (χ4v) is 6.93. The monoisotopic (exact) mass is 491 g/mol. The summed E-state index contributed by atoms with van der Waals surface area (Å²) in [4.78, 5) is 5.11. The van der Waals surface area contributed by atoms with Crippen LogP contribution in [-0.4, -0.2) is 68.3 Å². The zero-order valence-electron chi connectivity index (χ0n) is 18.8. The Labute approximate surface area is 197 Å². The van der Waals surface area contributed by atoms with Crippen molar-refractivity contribution in [2.75, 3.05) is 19.7 Å². The zero-order valence-corrected chi connectivity index (χ0v) is 20.4. The molecule has 0 aliphatic carbocycles. The van der Waals surface area contributed by atoms with Crippen LogP contribution in [0.15, 0.2) is 28.3 Å². The van der Waals surface area contributed by atoms with Gasteiger partial charge in [0.15, 0.2) is 0 Å². The molecule has 2 fully saturated rings. The van der Waals surface area contributed by atoms with Gasteiger partial charge in [-0.25, -0.2) is 18.1 Å². The third kappa shape index (κ3) is 4.66. The summed E-state index contributed by atoms with van der Waals surface area (Å²) < 4.78 is 37.4. The topological polar surface area (TPSA) is 108 Å². The lowest BCUT2D eigenvalue weighted by molar-refractivity contribution is 0.0912. The Morgan fingerprint density at radius 1 is 1.18 bits per heavy atom. The van der Waals surface area contributed by atoms with E-state index in [0.717, 1.165) is 61.8 Å². The minimum atomic E-state index is -3.49. The Kier molecular flexibility index (Phi) is 6.68. The van der Waals surface area contributed by atoms with Crippen molar-refractivity contribution in [3.63, 3.8) is 0 Å². The number of aryl methyl sites for hydroxylation is 1. The van der Waals surface area contributed by atoms with Gasteiger partial charge in [-0.3, -0.25) is 0 Å². The first-order valence-electron chi connectivity index (χ1n) is 11.6. The second-order valence-electron chi connectivity index (χ2n) is 8.45. The van der Waals surface area contributed by atoms with Gasteiger partial charge in [-0.2, -0.15) is 4.31 Å². The number of thioether (sulfide) groups is 1. The van der Waals surface area contributed by atoms with E-state index in [0.29, 0.717) is 35.8 Å². The maximum Gasteiger partial charge on any atom is 0.243 e. The highest BCUT2D eigenvalue weighted by molar-refractivity contribution is 7.98. The molecule has 0 N–H and O–H groups in total. The highest BCUT2D eigenvalue weighted by Gasteiger charge is 2.27. The number of imidazole rings is 1. The van der Waals surface area contributed by atoms with Crippen LogP contribution in [0.1, 0.15) is 44.9 Å². The van der Waals surface area contributed by atoms with Crippen molar-refractivity contribution >= 4 is 32.8 Å². The normalized spacial score (nSPS) is 20.1. The van der Waals surface area contributed by atoms with E-state index < -0.39 is 10.0 Å². The van der Waals surface area contributed by atoms with E-state index in [2.05, 4.69) is 27.0 Å². The fraction of sp³-hybridized carbons (Fsp3) is 0.619. The van der Waals surface area contributed by atoms with Crippen molar-refractivity contribution in [3.05, 3.63) is 24.0 Å². The van der Waals surface area contributed by atoms with E-state index in [1.54, 1.807) is 21.1 Å². The molecule has 0 radical (unpaired) electrons. The van der Waals surface area contributed by atoms with Gasteiger partial charge in [-0.15, -0.1) is 5.10 Å². The molecule has 0 saturated carbocycles. The summed E-state index contributed by atoms with van der Waals surface area (Å²) in [6, 6.07) is 5.29. The number of rotatable bonds is 8. The predicted molar refractivity (Wildman–Crippen MR) is 124 cm³/mol. The number of hydrogen-bond donors (Lipinski definition) is 0. The Bertz CT molecular complexity index is 1210. The Hall–Kier alpha value is -2.02. The molecule has 12 heteroatoms. The summed E-state index contributed by atoms with van der Waals surface area (Å²) in [5.41, 5.74) is 1.63. The Morgan fingerprint density at radius 3 is 2.79 bits per heavy atom. The van der Waals surface area contributed by atoms with Crippen LogP contribution in [0, 0.1) is 0 Å². The van der Waals surface area contributed by atoms with Crippen LogP contribution in [0.3, 0.4) is 0 Å². The summed E-state index contributed by atoms with van der Waals surface area (Å²) >= 11 is 1.53. The standard InChI is InChI=1S/C21H29N7O3S2/c1-2-27-19-9-8-17(33(29,30)26-10-4-3-5-11-26)13-18(19)22-20(27)15-32-21-23-24-25-28(21)14-16-7-6-12-31-16/h8-9,13,16H,2-7,10-12,14-15H2,1H3. The molecule has 1 aromatic carbocycles. The zero-order chi connectivity index (χ0) is 22.8. The van der Waals surface area contributed by atoms with Gasteiger partial charge in [0.05, 0.1) is 34.3 Å². The lowest BCUT2D eigenvalue weighted by Gasteiger charge is -2.25.